The maximum atomic E-state index is 12.2. The van der Waals surface area contributed by atoms with E-state index in [1.54, 1.807) is 49.6 Å². The molecule has 1 amide bonds. The summed E-state index contributed by atoms with van der Waals surface area (Å²) in [4.78, 5) is 12.2. The molecule has 0 unspecified atom stereocenters. The lowest BCUT2D eigenvalue weighted by Crippen LogP contribution is -2.14. The first kappa shape index (κ1) is 17.4. The van der Waals surface area contributed by atoms with Gasteiger partial charge in [-0.2, -0.15) is 5.26 Å². The van der Waals surface area contributed by atoms with E-state index in [1.165, 1.54) is 6.20 Å². The van der Waals surface area contributed by atoms with Crippen LogP contribution in [0.4, 0.5) is 11.4 Å². The minimum atomic E-state index is -0.521. The van der Waals surface area contributed by atoms with Crippen molar-refractivity contribution in [2.24, 2.45) is 0 Å². The van der Waals surface area contributed by atoms with E-state index in [4.69, 9.17) is 16.3 Å². The highest BCUT2D eigenvalue weighted by molar-refractivity contribution is 6.31. The van der Waals surface area contributed by atoms with Gasteiger partial charge in [-0.05, 0) is 36.8 Å². The van der Waals surface area contributed by atoms with E-state index in [2.05, 4.69) is 10.6 Å². The van der Waals surface area contributed by atoms with Crippen LogP contribution >= 0.6 is 11.6 Å². The third kappa shape index (κ3) is 4.51. The third-order valence-electron chi connectivity index (χ3n) is 3.25. The number of nitrogens with zero attached hydrogens (tertiary/aromatic N) is 1. The van der Waals surface area contributed by atoms with Crippen LogP contribution in [0.2, 0.25) is 5.02 Å². The zero-order chi connectivity index (χ0) is 17.5. The number of anilines is 2. The van der Waals surface area contributed by atoms with Gasteiger partial charge >= 0.3 is 0 Å². The van der Waals surface area contributed by atoms with Crippen molar-refractivity contribution < 1.29 is 9.53 Å². The maximum Gasteiger partial charge on any atom is 0.267 e. The quantitative estimate of drug-likeness (QED) is 0.634. The number of hydrogen-bond donors (Lipinski definition) is 2. The van der Waals surface area contributed by atoms with Crippen LogP contribution in [0.1, 0.15) is 5.56 Å². The predicted molar refractivity (Wildman–Crippen MR) is 95.1 cm³/mol. The molecule has 0 aromatic heterocycles. The number of carbonyl (C=O) groups is 1. The summed E-state index contributed by atoms with van der Waals surface area (Å²) in [6.45, 7) is 1.87. The highest BCUT2D eigenvalue weighted by atomic mass is 35.5. The zero-order valence-electron chi connectivity index (χ0n) is 13.3. The SMILES string of the molecule is COc1cccc(N/C=C(/C#N)C(=O)Nc2ccc(C)c(Cl)c2)c1. The first-order valence-corrected chi connectivity index (χ1v) is 7.49. The number of methoxy groups -OCH3 is 1. The van der Waals surface area contributed by atoms with Crippen molar-refractivity contribution in [3.63, 3.8) is 0 Å². The minimum absolute atomic E-state index is 0.0606. The number of carbonyl (C=O) groups excluding carboxylic acids is 1. The topological polar surface area (TPSA) is 74.1 Å². The molecule has 0 heterocycles. The number of nitrogens with one attached hydrogen (secondary N) is 2. The molecule has 0 fully saturated rings. The molecule has 2 N–H and O–H groups in total. The summed E-state index contributed by atoms with van der Waals surface area (Å²) in [7, 11) is 1.57. The average molecular weight is 342 g/mol. The molecule has 24 heavy (non-hydrogen) atoms. The summed E-state index contributed by atoms with van der Waals surface area (Å²) < 4.78 is 5.12. The van der Waals surface area contributed by atoms with Crippen LogP contribution in [-0.2, 0) is 4.79 Å². The van der Waals surface area contributed by atoms with Crippen molar-refractivity contribution in [1.29, 1.82) is 5.26 Å². The molecule has 0 spiro atoms. The molecule has 0 bridgehead atoms. The first-order valence-electron chi connectivity index (χ1n) is 7.12. The Morgan fingerprint density at radius 3 is 2.71 bits per heavy atom. The van der Waals surface area contributed by atoms with Gasteiger partial charge in [0, 0.05) is 28.7 Å². The monoisotopic (exact) mass is 341 g/mol. The van der Waals surface area contributed by atoms with E-state index in [-0.39, 0.29) is 5.57 Å². The molecule has 6 heteroatoms. The zero-order valence-corrected chi connectivity index (χ0v) is 14.0. The molecule has 2 aromatic rings. The lowest BCUT2D eigenvalue weighted by Gasteiger charge is -2.07. The number of benzene rings is 2. The molecular weight excluding hydrogens is 326 g/mol. The Morgan fingerprint density at radius 2 is 2.04 bits per heavy atom. The smallest absolute Gasteiger partial charge is 0.267 e. The molecule has 2 rings (SSSR count). The van der Waals surface area contributed by atoms with Crippen LogP contribution in [0.25, 0.3) is 0 Å². The molecule has 0 radical (unpaired) electrons. The van der Waals surface area contributed by atoms with Crippen molar-refractivity contribution in [3.05, 3.63) is 64.8 Å². The summed E-state index contributed by atoms with van der Waals surface area (Å²) in [5, 5.41) is 15.3. The largest absolute Gasteiger partial charge is 0.497 e. The van der Waals surface area contributed by atoms with Gasteiger partial charge in [0.25, 0.3) is 5.91 Å². The molecule has 0 aliphatic heterocycles. The third-order valence-corrected chi connectivity index (χ3v) is 3.65. The van der Waals surface area contributed by atoms with Crippen molar-refractivity contribution in [1.82, 2.24) is 0 Å². The number of halogens is 1. The van der Waals surface area contributed by atoms with Crippen LogP contribution in [-0.4, -0.2) is 13.0 Å². The molecule has 122 valence electrons. The number of aryl methyl sites for hydroxylation is 1. The molecule has 5 nitrogen and oxygen atoms in total. The normalized spacial score (nSPS) is 10.7. The molecule has 2 aromatic carbocycles. The number of nitriles is 1. The summed E-state index contributed by atoms with van der Waals surface area (Å²) >= 11 is 6.03. The molecule has 0 saturated carbocycles. The maximum absolute atomic E-state index is 12.2. The van der Waals surface area contributed by atoms with Gasteiger partial charge in [-0.3, -0.25) is 4.79 Å². The Bertz CT molecular complexity index is 825. The van der Waals surface area contributed by atoms with E-state index in [9.17, 15) is 10.1 Å². The Hall–Kier alpha value is -2.97. The van der Waals surface area contributed by atoms with Crippen LogP contribution in [0.3, 0.4) is 0 Å². The number of hydrogen-bond acceptors (Lipinski definition) is 4. The predicted octanol–water partition coefficient (Wildman–Crippen LogP) is 4.12. The Balaban J connectivity index is 2.10. The number of amides is 1. The standard InChI is InChI=1S/C18H16ClN3O2/c1-12-6-7-15(9-17(12)19)22-18(23)13(10-20)11-21-14-4-3-5-16(8-14)24-2/h3-9,11,21H,1-2H3,(H,22,23)/b13-11-. The van der Waals surface area contributed by atoms with Gasteiger partial charge in [0.05, 0.1) is 7.11 Å². The summed E-state index contributed by atoms with van der Waals surface area (Å²) in [6, 6.07) is 14.2. The van der Waals surface area contributed by atoms with E-state index < -0.39 is 5.91 Å². The van der Waals surface area contributed by atoms with Gasteiger partial charge in [-0.1, -0.05) is 23.7 Å². The fourth-order valence-electron chi connectivity index (χ4n) is 1.89. The molecule has 0 atom stereocenters. The van der Waals surface area contributed by atoms with Gasteiger partial charge < -0.3 is 15.4 Å². The second-order valence-electron chi connectivity index (χ2n) is 4.96. The Morgan fingerprint density at radius 1 is 1.25 bits per heavy atom. The summed E-state index contributed by atoms with van der Waals surface area (Å²) in [5.41, 5.74) is 2.08. The summed E-state index contributed by atoms with van der Waals surface area (Å²) in [5.74, 6) is 0.151. The molecule has 0 saturated heterocycles. The minimum Gasteiger partial charge on any atom is -0.497 e. The van der Waals surface area contributed by atoms with Crippen molar-refractivity contribution in [2.45, 2.75) is 6.92 Å². The van der Waals surface area contributed by atoms with Gasteiger partial charge in [0.2, 0.25) is 0 Å². The van der Waals surface area contributed by atoms with Crippen molar-refractivity contribution >= 4 is 28.9 Å². The average Bonchev–Trinajstić information content (AvgIpc) is 2.59. The molecule has 0 aliphatic carbocycles. The van der Waals surface area contributed by atoms with Crippen molar-refractivity contribution in [2.75, 3.05) is 17.7 Å². The van der Waals surface area contributed by atoms with Gasteiger partial charge in [-0.15, -0.1) is 0 Å². The van der Waals surface area contributed by atoms with Crippen LogP contribution in [0, 0.1) is 18.3 Å². The van der Waals surface area contributed by atoms with E-state index in [0.717, 1.165) is 5.56 Å². The highest BCUT2D eigenvalue weighted by Gasteiger charge is 2.10. The van der Waals surface area contributed by atoms with Crippen molar-refractivity contribution in [3.8, 4) is 11.8 Å². The number of ether oxygens (including phenoxy) is 1. The fraction of sp³-hybridized carbons (Fsp3) is 0.111. The first-order chi connectivity index (χ1) is 11.5. The molecule has 0 aliphatic rings. The van der Waals surface area contributed by atoms with Crippen LogP contribution in [0.15, 0.2) is 54.2 Å². The lowest BCUT2D eigenvalue weighted by atomic mass is 10.2. The lowest BCUT2D eigenvalue weighted by molar-refractivity contribution is -0.112. The Kier molecular flexibility index (Phi) is 5.83. The Labute approximate surface area is 145 Å². The van der Waals surface area contributed by atoms with E-state index in [1.807, 2.05) is 13.0 Å². The second kappa shape index (κ2) is 8.04. The van der Waals surface area contributed by atoms with Crippen LogP contribution < -0.4 is 15.4 Å². The summed E-state index contributed by atoms with van der Waals surface area (Å²) in [6.07, 6.45) is 1.35. The van der Waals surface area contributed by atoms with Gasteiger partial charge in [0.1, 0.15) is 17.4 Å². The highest BCUT2D eigenvalue weighted by Crippen LogP contribution is 2.20. The van der Waals surface area contributed by atoms with Crippen LogP contribution in [0.5, 0.6) is 5.75 Å². The van der Waals surface area contributed by atoms with E-state index in [0.29, 0.717) is 22.1 Å². The fourth-order valence-corrected chi connectivity index (χ4v) is 2.07. The van der Waals surface area contributed by atoms with Gasteiger partial charge in [-0.25, -0.2) is 0 Å². The second-order valence-corrected chi connectivity index (χ2v) is 5.37. The van der Waals surface area contributed by atoms with Gasteiger partial charge in [0.15, 0.2) is 0 Å². The molecular formula is C18H16ClN3O2. The number of rotatable bonds is 5. The van der Waals surface area contributed by atoms with E-state index >= 15 is 0 Å².